The Bertz CT molecular complexity index is 778. The number of aromatic nitrogens is 2. The third kappa shape index (κ3) is 4.68. The van der Waals surface area contributed by atoms with Gasteiger partial charge >= 0.3 is 6.09 Å². The summed E-state index contributed by atoms with van der Waals surface area (Å²) in [5, 5.41) is 5.05. The van der Waals surface area contributed by atoms with Crippen molar-refractivity contribution < 1.29 is 9.53 Å². The number of carbonyl (C=O) groups excluding carboxylic acids is 1. The summed E-state index contributed by atoms with van der Waals surface area (Å²) in [4.78, 5) is 28.4. The van der Waals surface area contributed by atoms with Gasteiger partial charge in [-0.15, -0.1) is 23.5 Å². The number of ether oxygens (including phenoxy) is 1. The Hall–Kier alpha value is -2.13. The van der Waals surface area contributed by atoms with Gasteiger partial charge in [-0.05, 0) is 18.1 Å². The first-order valence-corrected chi connectivity index (χ1v) is 9.43. The summed E-state index contributed by atoms with van der Waals surface area (Å²) in [5.74, 6) is 0.343. The molecule has 2 N–H and O–H groups in total. The van der Waals surface area contributed by atoms with E-state index in [9.17, 15) is 9.59 Å². The van der Waals surface area contributed by atoms with Crippen LogP contribution < -0.4 is 10.9 Å². The van der Waals surface area contributed by atoms with Crippen LogP contribution in [0.3, 0.4) is 0 Å². The summed E-state index contributed by atoms with van der Waals surface area (Å²) in [6.07, 6.45) is 3.07. The SMILES string of the molecule is CSC(=Nc1c(NC(=O)OCc2ccccc2)c(=O)[nH]n1C)SC. The molecule has 0 saturated carbocycles. The number of benzene rings is 1. The number of thioether (sulfide) groups is 2. The first-order valence-electron chi connectivity index (χ1n) is 6.98. The molecule has 1 aromatic heterocycles. The number of hydrogen-bond donors (Lipinski definition) is 2. The fourth-order valence-electron chi connectivity index (χ4n) is 1.90. The summed E-state index contributed by atoms with van der Waals surface area (Å²) in [6, 6.07) is 9.30. The molecule has 1 heterocycles. The maximum absolute atomic E-state index is 12.0. The van der Waals surface area contributed by atoms with Gasteiger partial charge in [0, 0.05) is 7.05 Å². The van der Waals surface area contributed by atoms with Crippen LogP contribution >= 0.6 is 23.5 Å². The van der Waals surface area contributed by atoms with Crippen LogP contribution in [0.4, 0.5) is 16.3 Å². The molecule has 0 aliphatic heterocycles. The van der Waals surface area contributed by atoms with Crippen LogP contribution in [-0.2, 0) is 18.4 Å². The van der Waals surface area contributed by atoms with E-state index >= 15 is 0 Å². The van der Waals surface area contributed by atoms with E-state index in [1.54, 1.807) is 7.05 Å². The predicted octanol–water partition coefficient (Wildman–Crippen LogP) is 3.18. The smallest absolute Gasteiger partial charge is 0.412 e. The number of rotatable bonds is 4. The first kappa shape index (κ1) is 18.2. The summed E-state index contributed by atoms with van der Waals surface area (Å²) < 4.78 is 7.37. The molecule has 128 valence electrons. The highest BCUT2D eigenvalue weighted by Crippen LogP contribution is 2.24. The normalized spacial score (nSPS) is 10.3. The van der Waals surface area contributed by atoms with Crippen LogP contribution in [0.2, 0.25) is 0 Å². The van der Waals surface area contributed by atoms with Gasteiger partial charge in [-0.1, -0.05) is 30.3 Å². The molecule has 24 heavy (non-hydrogen) atoms. The molecule has 0 unspecified atom stereocenters. The molecular formula is C15H18N4O3S2. The van der Waals surface area contributed by atoms with E-state index in [4.69, 9.17) is 4.74 Å². The maximum atomic E-state index is 12.0. The number of H-pyrrole nitrogens is 1. The second-order valence-electron chi connectivity index (χ2n) is 4.67. The Kier molecular flexibility index (Phi) is 6.56. The Morgan fingerprint density at radius 3 is 2.58 bits per heavy atom. The Labute approximate surface area is 147 Å². The molecule has 0 fully saturated rings. The second-order valence-corrected chi connectivity index (χ2v) is 6.52. The van der Waals surface area contributed by atoms with Crippen molar-refractivity contribution >= 4 is 45.5 Å². The van der Waals surface area contributed by atoms with E-state index < -0.39 is 11.7 Å². The number of nitrogens with zero attached hydrogens (tertiary/aromatic N) is 2. The molecule has 2 rings (SSSR count). The number of hydrogen-bond acceptors (Lipinski definition) is 6. The molecule has 0 saturated heterocycles. The average Bonchev–Trinajstić information content (AvgIpc) is 2.85. The number of anilines is 1. The molecule has 0 aliphatic carbocycles. The Balaban J connectivity index is 2.13. The van der Waals surface area contributed by atoms with E-state index in [1.807, 2.05) is 42.8 Å². The summed E-state index contributed by atoms with van der Waals surface area (Å²) in [7, 11) is 1.65. The van der Waals surface area contributed by atoms with Gasteiger partial charge in [0.2, 0.25) is 0 Å². The van der Waals surface area contributed by atoms with E-state index in [0.29, 0.717) is 5.82 Å². The van der Waals surface area contributed by atoms with Crippen molar-refractivity contribution in [2.45, 2.75) is 6.61 Å². The van der Waals surface area contributed by atoms with Crippen LogP contribution in [0.15, 0.2) is 40.1 Å². The van der Waals surface area contributed by atoms with Crippen LogP contribution in [0.25, 0.3) is 0 Å². The van der Waals surface area contributed by atoms with Gasteiger partial charge in [0.05, 0.1) is 0 Å². The highest BCUT2D eigenvalue weighted by molar-refractivity contribution is 8.38. The van der Waals surface area contributed by atoms with Crippen molar-refractivity contribution in [3.63, 3.8) is 0 Å². The number of aryl methyl sites for hydroxylation is 1. The Morgan fingerprint density at radius 2 is 1.96 bits per heavy atom. The zero-order chi connectivity index (χ0) is 17.5. The molecular weight excluding hydrogens is 348 g/mol. The minimum absolute atomic E-state index is 0.0659. The topological polar surface area (TPSA) is 88.5 Å². The zero-order valence-corrected chi connectivity index (χ0v) is 15.2. The molecule has 7 nitrogen and oxygen atoms in total. The van der Waals surface area contributed by atoms with E-state index in [1.165, 1.54) is 28.2 Å². The van der Waals surface area contributed by atoms with Crippen LogP contribution in [0, 0.1) is 0 Å². The third-order valence-electron chi connectivity index (χ3n) is 3.02. The van der Waals surface area contributed by atoms with E-state index in [2.05, 4.69) is 15.4 Å². The first-order chi connectivity index (χ1) is 11.5. The van der Waals surface area contributed by atoms with Crippen molar-refractivity contribution in [1.29, 1.82) is 0 Å². The second kappa shape index (κ2) is 8.65. The number of aliphatic imine (C=N–C) groups is 1. The summed E-state index contributed by atoms with van der Waals surface area (Å²) in [5.41, 5.74) is 0.491. The number of nitrogens with one attached hydrogen (secondary N) is 2. The monoisotopic (exact) mass is 366 g/mol. The van der Waals surface area contributed by atoms with Gasteiger partial charge in [-0.2, -0.15) is 0 Å². The van der Waals surface area contributed by atoms with Gasteiger partial charge in [0.15, 0.2) is 11.5 Å². The molecule has 1 amide bonds. The summed E-state index contributed by atoms with van der Waals surface area (Å²) in [6.45, 7) is 0.122. The lowest BCUT2D eigenvalue weighted by Gasteiger charge is -2.07. The minimum atomic E-state index is -0.707. The van der Waals surface area contributed by atoms with Crippen LogP contribution in [-0.4, -0.2) is 32.8 Å². The third-order valence-corrected chi connectivity index (χ3v) is 4.90. The molecule has 0 bridgehead atoms. The average molecular weight is 366 g/mol. The molecule has 0 spiro atoms. The predicted molar refractivity (Wildman–Crippen MR) is 100 cm³/mol. The molecule has 1 aromatic carbocycles. The van der Waals surface area contributed by atoms with E-state index in [0.717, 1.165) is 9.94 Å². The van der Waals surface area contributed by atoms with Gasteiger partial charge < -0.3 is 4.74 Å². The lowest BCUT2D eigenvalue weighted by molar-refractivity contribution is 0.155. The zero-order valence-electron chi connectivity index (χ0n) is 13.5. The molecule has 2 aromatic rings. The van der Waals surface area contributed by atoms with Crippen LogP contribution in [0.5, 0.6) is 0 Å². The minimum Gasteiger partial charge on any atom is -0.444 e. The van der Waals surface area contributed by atoms with Crippen molar-refractivity contribution in [1.82, 2.24) is 9.78 Å². The largest absolute Gasteiger partial charge is 0.444 e. The van der Waals surface area contributed by atoms with Crippen molar-refractivity contribution in [3.05, 3.63) is 46.2 Å². The fraction of sp³-hybridized carbons (Fsp3) is 0.267. The Morgan fingerprint density at radius 1 is 1.29 bits per heavy atom. The van der Waals surface area contributed by atoms with Crippen LogP contribution in [0.1, 0.15) is 5.56 Å². The van der Waals surface area contributed by atoms with Gasteiger partial charge in [-0.3, -0.25) is 19.9 Å². The quantitative estimate of drug-likeness (QED) is 0.641. The van der Waals surface area contributed by atoms with Crippen molar-refractivity contribution in [3.8, 4) is 0 Å². The van der Waals surface area contributed by atoms with Crippen molar-refractivity contribution in [2.75, 3.05) is 17.8 Å². The highest BCUT2D eigenvalue weighted by atomic mass is 32.2. The lowest BCUT2D eigenvalue weighted by atomic mass is 10.2. The van der Waals surface area contributed by atoms with Gasteiger partial charge in [0.25, 0.3) is 5.56 Å². The standard InChI is InChI=1S/C15H18N4O3S2/c1-19-12(17-15(23-2)24-3)11(13(20)18-19)16-14(21)22-9-10-7-5-4-6-8-10/h4-8H,9H2,1-3H3,(H,16,21)(H,18,20). The van der Waals surface area contributed by atoms with Crippen molar-refractivity contribution in [2.24, 2.45) is 12.0 Å². The van der Waals surface area contributed by atoms with Gasteiger partial charge in [-0.25, -0.2) is 9.79 Å². The fourth-order valence-corrected chi connectivity index (χ4v) is 2.92. The number of aromatic amines is 1. The highest BCUT2D eigenvalue weighted by Gasteiger charge is 2.17. The molecule has 0 radical (unpaired) electrons. The molecule has 9 heteroatoms. The maximum Gasteiger partial charge on any atom is 0.412 e. The van der Waals surface area contributed by atoms with Gasteiger partial charge in [0.1, 0.15) is 11.0 Å². The molecule has 0 atom stereocenters. The lowest BCUT2D eigenvalue weighted by Crippen LogP contribution is -2.18. The number of amides is 1. The molecule has 0 aliphatic rings. The number of carbonyl (C=O) groups is 1. The van der Waals surface area contributed by atoms with E-state index in [-0.39, 0.29) is 12.3 Å². The summed E-state index contributed by atoms with van der Waals surface area (Å²) >= 11 is 2.92.